The normalized spacial score (nSPS) is 14.5. The molecule has 0 radical (unpaired) electrons. The van der Waals surface area contributed by atoms with Crippen molar-refractivity contribution in [3.63, 3.8) is 0 Å². The fraction of sp³-hybridized carbons (Fsp3) is 0.300. The monoisotopic (exact) mass is 406 g/mol. The number of hydrogen-bond donors (Lipinski definition) is 0. The molecule has 0 heterocycles. The Bertz CT molecular complexity index is 1030. The fourth-order valence-corrected chi connectivity index (χ4v) is 4.46. The highest BCUT2D eigenvalue weighted by atomic mass is 35.5. The van der Waals surface area contributed by atoms with E-state index in [0.29, 0.717) is 5.56 Å². The Morgan fingerprint density at radius 3 is 2.41 bits per heavy atom. The molecule has 0 saturated carbocycles. The molecular weight excluding hydrogens is 388 g/mol. The summed E-state index contributed by atoms with van der Waals surface area (Å²) in [7, 11) is -3.59. The van der Waals surface area contributed by atoms with Gasteiger partial charge in [-0.1, -0.05) is 23.7 Å². The van der Waals surface area contributed by atoms with E-state index in [9.17, 15) is 18.0 Å². The first-order valence-electron chi connectivity index (χ1n) is 8.53. The Kier molecular flexibility index (Phi) is 5.40. The lowest BCUT2D eigenvalue weighted by Crippen LogP contribution is -2.24. The lowest BCUT2D eigenvalue weighted by molar-refractivity contribution is 0.0318. The number of carbonyl (C=O) groups is 2. The van der Waals surface area contributed by atoms with Crippen LogP contribution in [0.15, 0.2) is 41.3 Å². The van der Waals surface area contributed by atoms with E-state index in [1.807, 2.05) is 12.1 Å². The number of carbonyl (C=O) groups excluding carboxylic acids is 2. The summed E-state index contributed by atoms with van der Waals surface area (Å²) in [5.41, 5.74) is 2.94. The molecule has 0 aliphatic heterocycles. The maximum absolute atomic E-state index is 12.6. The van der Waals surface area contributed by atoms with E-state index >= 15 is 0 Å². The lowest BCUT2D eigenvalue weighted by Gasteiger charge is -2.14. The van der Waals surface area contributed by atoms with Crippen molar-refractivity contribution in [1.82, 2.24) is 0 Å². The summed E-state index contributed by atoms with van der Waals surface area (Å²) in [5.74, 6) is -1.08. The second-order valence-corrected chi connectivity index (χ2v) is 9.06. The van der Waals surface area contributed by atoms with Crippen molar-refractivity contribution < 1.29 is 22.7 Å². The topological polar surface area (TPSA) is 77.5 Å². The first-order valence-corrected chi connectivity index (χ1v) is 10.8. The minimum absolute atomic E-state index is 0.0217. The summed E-state index contributed by atoms with van der Waals surface area (Å²) in [5, 5.41) is 0.0244. The largest absolute Gasteiger partial charge is 0.451 e. The summed E-state index contributed by atoms with van der Waals surface area (Å²) < 4.78 is 28.7. The number of hydrogen-bond acceptors (Lipinski definition) is 5. The molecule has 5 nitrogen and oxygen atoms in total. The summed E-state index contributed by atoms with van der Waals surface area (Å²) in [6, 6.07) is 9.40. The Hall–Kier alpha value is -2.18. The molecule has 142 valence electrons. The number of rotatable bonds is 5. The van der Waals surface area contributed by atoms with Crippen LogP contribution in [-0.4, -0.2) is 32.5 Å². The predicted octanol–water partition coefficient (Wildman–Crippen LogP) is 3.66. The van der Waals surface area contributed by atoms with Crippen molar-refractivity contribution in [3.8, 4) is 0 Å². The summed E-state index contributed by atoms with van der Waals surface area (Å²) in [6.45, 7) is 1.50. The predicted molar refractivity (Wildman–Crippen MR) is 102 cm³/mol. The van der Waals surface area contributed by atoms with Crippen LogP contribution in [0.4, 0.5) is 0 Å². The number of esters is 1. The van der Waals surface area contributed by atoms with Crippen LogP contribution in [0.2, 0.25) is 5.02 Å². The molecule has 0 unspecified atom stereocenters. The van der Waals surface area contributed by atoms with Crippen LogP contribution in [0.5, 0.6) is 0 Å². The Labute approximate surface area is 163 Å². The SMILES string of the molecule is C[C@H](OC(=O)c1ccc(Cl)c(S(C)(=O)=O)c1)C(=O)c1ccc2c(c1)CCC2. The van der Waals surface area contributed by atoms with Crippen molar-refractivity contribution in [2.24, 2.45) is 0 Å². The molecule has 0 aromatic heterocycles. The third kappa shape index (κ3) is 4.22. The van der Waals surface area contributed by atoms with Gasteiger partial charge in [-0.2, -0.15) is 0 Å². The molecule has 0 saturated heterocycles. The molecule has 2 aromatic rings. The zero-order chi connectivity index (χ0) is 19.8. The van der Waals surface area contributed by atoms with Gasteiger partial charge in [0, 0.05) is 11.8 Å². The zero-order valence-corrected chi connectivity index (χ0v) is 16.6. The maximum Gasteiger partial charge on any atom is 0.338 e. The van der Waals surface area contributed by atoms with Crippen LogP contribution in [0.25, 0.3) is 0 Å². The van der Waals surface area contributed by atoms with Crippen molar-refractivity contribution in [2.45, 2.75) is 37.2 Å². The molecule has 1 aliphatic rings. The van der Waals surface area contributed by atoms with E-state index in [-0.39, 0.29) is 21.3 Å². The van der Waals surface area contributed by atoms with Crippen LogP contribution < -0.4 is 0 Å². The second kappa shape index (κ2) is 7.44. The Balaban J connectivity index is 1.77. The third-order valence-corrected chi connectivity index (χ3v) is 6.18. The number of halogens is 1. The van der Waals surface area contributed by atoms with Crippen LogP contribution in [0, 0.1) is 0 Å². The molecule has 27 heavy (non-hydrogen) atoms. The van der Waals surface area contributed by atoms with E-state index < -0.39 is 21.9 Å². The van der Waals surface area contributed by atoms with Gasteiger partial charge in [0.25, 0.3) is 0 Å². The van der Waals surface area contributed by atoms with E-state index in [1.54, 1.807) is 6.07 Å². The van der Waals surface area contributed by atoms with Crippen LogP contribution in [0.3, 0.4) is 0 Å². The van der Waals surface area contributed by atoms with E-state index in [1.165, 1.54) is 24.6 Å². The molecule has 0 spiro atoms. The van der Waals surface area contributed by atoms with Crippen molar-refractivity contribution >= 4 is 33.2 Å². The number of Topliss-reactive ketones (excluding diaryl/α,β-unsaturated/α-hetero) is 1. The molecule has 1 aliphatic carbocycles. The fourth-order valence-electron chi connectivity index (χ4n) is 3.16. The lowest BCUT2D eigenvalue weighted by atomic mass is 10.0. The van der Waals surface area contributed by atoms with E-state index in [0.717, 1.165) is 37.1 Å². The summed E-state index contributed by atoms with van der Waals surface area (Å²) in [6.07, 6.45) is 3.06. The average molecular weight is 407 g/mol. The maximum atomic E-state index is 12.6. The van der Waals surface area contributed by atoms with Gasteiger partial charge >= 0.3 is 5.97 Å². The Morgan fingerprint density at radius 1 is 1.04 bits per heavy atom. The zero-order valence-electron chi connectivity index (χ0n) is 15.0. The van der Waals surface area contributed by atoms with Crippen LogP contribution in [-0.2, 0) is 27.4 Å². The van der Waals surface area contributed by atoms with Gasteiger partial charge in [-0.05, 0) is 61.6 Å². The van der Waals surface area contributed by atoms with Crippen LogP contribution in [0.1, 0.15) is 45.2 Å². The number of ether oxygens (including phenoxy) is 1. The molecule has 1 atom stereocenters. The van der Waals surface area contributed by atoms with Crippen molar-refractivity contribution in [1.29, 1.82) is 0 Å². The first kappa shape index (κ1) is 19.6. The molecular formula is C20H19ClO5S. The number of aryl methyl sites for hydroxylation is 2. The first-order chi connectivity index (χ1) is 12.7. The average Bonchev–Trinajstić information content (AvgIpc) is 3.07. The summed E-state index contributed by atoms with van der Waals surface area (Å²) in [4.78, 5) is 24.8. The quantitative estimate of drug-likeness (QED) is 0.559. The van der Waals surface area contributed by atoms with Crippen molar-refractivity contribution in [2.75, 3.05) is 6.26 Å². The van der Waals surface area contributed by atoms with Gasteiger partial charge in [0.1, 0.15) is 0 Å². The minimum Gasteiger partial charge on any atom is -0.451 e. The summed E-state index contributed by atoms with van der Waals surface area (Å²) >= 11 is 5.88. The molecule has 7 heteroatoms. The highest BCUT2D eigenvalue weighted by molar-refractivity contribution is 7.90. The van der Waals surface area contributed by atoms with Gasteiger partial charge in [0.2, 0.25) is 5.78 Å². The van der Waals surface area contributed by atoms with Gasteiger partial charge in [0.15, 0.2) is 15.9 Å². The number of sulfone groups is 1. The number of benzene rings is 2. The molecule has 0 amide bonds. The molecule has 2 aromatic carbocycles. The molecule has 0 N–H and O–H groups in total. The molecule has 0 fully saturated rings. The number of ketones is 1. The highest BCUT2D eigenvalue weighted by Gasteiger charge is 2.23. The van der Waals surface area contributed by atoms with E-state index in [2.05, 4.69) is 0 Å². The number of fused-ring (bicyclic) bond motifs is 1. The van der Waals surface area contributed by atoms with Gasteiger partial charge in [-0.15, -0.1) is 0 Å². The van der Waals surface area contributed by atoms with Crippen molar-refractivity contribution in [3.05, 3.63) is 63.7 Å². The van der Waals surface area contributed by atoms with Gasteiger partial charge in [-0.3, -0.25) is 4.79 Å². The smallest absolute Gasteiger partial charge is 0.338 e. The Morgan fingerprint density at radius 2 is 1.70 bits per heavy atom. The highest BCUT2D eigenvalue weighted by Crippen LogP contribution is 2.25. The standard InChI is InChI=1S/C20H19ClO5S/c1-12(19(22)15-7-6-13-4-3-5-14(13)10-15)26-20(23)16-8-9-17(21)18(11-16)27(2,24)25/h6-12H,3-5H2,1-2H3/t12-/m0/s1. The van der Waals surface area contributed by atoms with Gasteiger partial charge in [-0.25, -0.2) is 13.2 Å². The minimum atomic E-state index is -3.59. The van der Waals surface area contributed by atoms with Gasteiger partial charge in [0.05, 0.1) is 15.5 Å². The van der Waals surface area contributed by atoms with E-state index in [4.69, 9.17) is 16.3 Å². The molecule has 3 rings (SSSR count). The second-order valence-electron chi connectivity index (χ2n) is 6.67. The van der Waals surface area contributed by atoms with Crippen LogP contribution >= 0.6 is 11.6 Å². The molecule has 0 bridgehead atoms. The third-order valence-electron chi connectivity index (χ3n) is 4.60. The van der Waals surface area contributed by atoms with Gasteiger partial charge < -0.3 is 4.74 Å².